The average molecular weight is 388 g/mol. The molecule has 0 saturated carbocycles. The molecule has 0 radical (unpaired) electrons. The Kier molecular flexibility index (Phi) is 4.54. The number of nitrogens with zero attached hydrogens (tertiary/aromatic N) is 1. The van der Waals surface area contributed by atoms with Crippen molar-refractivity contribution in [1.29, 1.82) is 0 Å². The summed E-state index contributed by atoms with van der Waals surface area (Å²) >= 11 is 3.46. The molecular formula is C20H22BrNO2. The van der Waals surface area contributed by atoms with Crippen molar-refractivity contribution in [2.45, 2.75) is 39.2 Å². The van der Waals surface area contributed by atoms with Gasteiger partial charge in [0.25, 0.3) is 5.91 Å². The van der Waals surface area contributed by atoms with Crippen molar-refractivity contribution in [2.75, 3.05) is 11.4 Å². The molecule has 0 aromatic heterocycles. The van der Waals surface area contributed by atoms with Crippen molar-refractivity contribution in [1.82, 2.24) is 0 Å². The fourth-order valence-electron chi connectivity index (χ4n) is 3.14. The molecular weight excluding hydrogens is 366 g/mol. The van der Waals surface area contributed by atoms with Crippen molar-refractivity contribution in [3.8, 4) is 0 Å². The van der Waals surface area contributed by atoms with Gasteiger partial charge in [-0.2, -0.15) is 0 Å². The molecule has 3 nitrogen and oxygen atoms in total. The molecule has 126 valence electrons. The van der Waals surface area contributed by atoms with E-state index in [1.54, 1.807) is 4.90 Å². The molecule has 0 spiro atoms. The summed E-state index contributed by atoms with van der Waals surface area (Å²) in [6, 6.07) is 11.8. The second kappa shape index (κ2) is 6.34. The van der Waals surface area contributed by atoms with Crippen LogP contribution in [0, 0.1) is 0 Å². The van der Waals surface area contributed by atoms with Crippen molar-refractivity contribution in [3.05, 3.63) is 63.1 Å². The Morgan fingerprint density at radius 1 is 1.21 bits per heavy atom. The number of hydrogen-bond donors (Lipinski definition) is 1. The van der Waals surface area contributed by atoms with E-state index in [0.29, 0.717) is 6.54 Å². The van der Waals surface area contributed by atoms with Gasteiger partial charge in [-0.3, -0.25) is 4.79 Å². The third-order valence-electron chi connectivity index (χ3n) is 4.59. The fourth-order valence-corrected chi connectivity index (χ4v) is 3.62. The van der Waals surface area contributed by atoms with Crippen LogP contribution in [0.5, 0.6) is 0 Å². The summed E-state index contributed by atoms with van der Waals surface area (Å²) in [7, 11) is 0. The molecule has 1 heterocycles. The van der Waals surface area contributed by atoms with Crippen molar-refractivity contribution in [2.24, 2.45) is 0 Å². The minimum absolute atomic E-state index is 0.00418. The van der Waals surface area contributed by atoms with Gasteiger partial charge in [-0.1, -0.05) is 54.9 Å². The Bertz CT molecular complexity index is 793. The molecule has 1 N–H and O–H groups in total. The second-order valence-corrected chi connectivity index (χ2v) is 8.08. The molecule has 0 bridgehead atoms. The smallest absolute Gasteiger partial charge is 0.258 e. The normalized spacial score (nSPS) is 14.7. The molecule has 1 aliphatic rings. The Balaban J connectivity index is 2.01. The van der Waals surface area contributed by atoms with Crippen LogP contribution >= 0.6 is 15.9 Å². The van der Waals surface area contributed by atoms with E-state index in [-0.39, 0.29) is 17.9 Å². The van der Waals surface area contributed by atoms with E-state index in [1.165, 1.54) is 5.56 Å². The lowest BCUT2D eigenvalue weighted by atomic mass is 9.84. The number of halogens is 1. The van der Waals surface area contributed by atoms with E-state index in [4.69, 9.17) is 0 Å². The first kappa shape index (κ1) is 17.2. The Morgan fingerprint density at radius 2 is 1.96 bits per heavy atom. The first-order valence-corrected chi connectivity index (χ1v) is 8.95. The Labute approximate surface area is 151 Å². The molecule has 24 heavy (non-hydrogen) atoms. The fraction of sp³-hybridized carbons (Fsp3) is 0.350. The van der Waals surface area contributed by atoms with E-state index in [0.717, 1.165) is 33.3 Å². The van der Waals surface area contributed by atoms with Crippen LogP contribution in [-0.4, -0.2) is 17.6 Å². The van der Waals surface area contributed by atoms with Gasteiger partial charge in [-0.25, -0.2) is 0 Å². The van der Waals surface area contributed by atoms with E-state index < -0.39 is 0 Å². The number of amides is 1. The number of carbonyl (C=O) groups excluding carboxylic acids is 1. The molecule has 0 aliphatic carbocycles. The van der Waals surface area contributed by atoms with Crippen LogP contribution < -0.4 is 4.90 Å². The van der Waals surface area contributed by atoms with Crippen molar-refractivity contribution < 1.29 is 9.90 Å². The van der Waals surface area contributed by atoms with Crippen molar-refractivity contribution >= 4 is 27.5 Å². The molecule has 0 unspecified atom stereocenters. The summed E-state index contributed by atoms with van der Waals surface area (Å²) in [6.07, 6.45) is 0.822. The Hall–Kier alpha value is -1.65. The van der Waals surface area contributed by atoms with Crippen LogP contribution in [0.3, 0.4) is 0 Å². The van der Waals surface area contributed by atoms with Crippen LogP contribution in [0.15, 0.2) is 40.9 Å². The molecule has 0 saturated heterocycles. The highest BCUT2D eigenvalue weighted by Gasteiger charge is 2.28. The maximum atomic E-state index is 13.0. The van der Waals surface area contributed by atoms with Crippen LogP contribution in [0.4, 0.5) is 5.69 Å². The van der Waals surface area contributed by atoms with Crippen molar-refractivity contribution in [3.63, 3.8) is 0 Å². The quantitative estimate of drug-likeness (QED) is 0.826. The molecule has 2 aromatic carbocycles. The van der Waals surface area contributed by atoms with Crippen LogP contribution in [0.25, 0.3) is 0 Å². The number of carbonyl (C=O) groups is 1. The van der Waals surface area contributed by atoms with Gasteiger partial charge in [0.1, 0.15) is 0 Å². The lowest BCUT2D eigenvalue weighted by molar-refractivity contribution is 0.0980. The molecule has 0 fully saturated rings. The van der Waals surface area contributed by atoms with Gasteiger partial charge in [0.2, 0.25) is 0 Å². The van der Waals surface area contributed by atoms with Gasteiger partial charge in [-0.05, 0) is 41.2 Å². The number of benzene rings is 2. The van der Waals surface area contributed by atoms with Crippen LogP contribution in [0.1, 0.15) is 47.8 Å². The third-order valence-corrected chi connectivity index (χ3v) is 5.34. The minimum atomic E-state index is -0.101. The van der Waals surface area contributed by atoms with Crippen LogP contribution in [-0.2, 0) is 18.4 Å². The van der Waals surface area contributed by atoms with E-state index in [2.05, 4.69) is 42.8 Å². The highest BCUT2D eigenvalue weighted by atomic mass is 79.9. The number of rotatable bonds is 2. The lowest BCUT2D eigenvalue weighted by Crippen LogP contribution is -2.38. The predicted molar refractivity (Wildman–Crippen MR) is 101 cm³/mol. The highest BCUT2D eigenvalue weighted by molar-refractivity contribution is 9.10. The SMILES string of the molecule is CC(C)(C)c1ccc2c(c1)CCN(c1cccc(Br)c1CO)C2=O. The lowest BCUT2D eigenvalue weighted by Gasteiger charge is -2.31. The summed E-state index contributed by atoms with van der Waals surface area (Å²) in [5.74, 6) is 0.00418. The number of fused-ring (bicyclic) bond motifs is 1. The van der Waals surface area contributed by atoms with Crippen LogP contribution in [0.2, 0.25) is 0 Å². The standard InChI is InChI=1S/C20H22BrNO2/c1-20(2,3)14-7-8-15-13(11-14)9-10-22(19(15)24)18-6-4-5-17(21)16(18)12-23/h4-8,11,23H,9-10,12H2,1-3H3. The summed E-state index contributed by atoms with van der Waals surface area (Å²) in [4.78, 5) is 14.8. The zero-order valence-electron chi connectivity index (χ0n) is 14.3. The van der Waals surface area contributed by atoms with Gasteiger partial charge in [0, 0.05) is 22.1 Å². The molecule has 1 amide bonds. The van der Waals surface area contributed by atoms with Gasteiger partial charge >= 0.3 is 0 Å². The monoisotopic (exact) mass is 387 g/mol. The summed E-state index contributed by atoms with van der Waals surface area (Å²) in [5.41, 5.74) is 4.73. The number of anilines is 1. The first-order chi connectivity index (χ1) is 11.3. The molecule has 3 rings (SSSR count). The highest BCUT2D eigenvalue weighted by Crippen LogP contribution is 2.33. The first-order valence-electron chi connectivity index (χ1n) is 8.16. The van der Waals surface area contributed by atoms with E-state index in [9.17, 15) is 9.90 Å². The molecule has 1 aliphatic heterocycles. The van der Waals surface area contributed by atoms with Gasteiger partial charge in [0.05, 0.1) is 12.3 Å². The van der Waals surface area contributed by atoms with Gasteiger partial charge in [0.15, 0.2) is 0 Å². The molecule has 0 atom stereocenters. The van der Waals surface area contributed by atoms with E-state index >= 15 is 0 Å². The summed E-state index contributed by atoms with van der Waals surface area (Å²) in [6.45, 7) is 7.07. The van der Waals surface area contributed by atoms with E-state index in [1.807, 2.05) is 30.3 Å². The van der Waals surface area contributed by atoms with Gasteiger partial charge in [-0.15, -0.1) is 0 Å². The number of aliphatic hydroxyl groups is 1. The minimum Gasteiger partial charge on any atom is -0.392 e. The molecule has 2 aromatic rings. The summed E-state index contributed by atoms with van der Waals surface area (Å²) in [5, 5.41) is 9.67. The number of aliphatic hydroxyl groups excluding tert-OH is 1. The Morgan fingerprint density at radius 3 is 2.62 bits per heavy atom. The maximum Gasteiger partial charge on any atom is 0.258 e. The van der Waals surface area contributed by atoms with Gasteiger partial charge < -0.3 is 10.0 Å². The zero-order chi connectivity index (χ0) is 17.5. The predicted octanol–water partition coefficient (Wildman–Crippen LogP) is 4.44. The largest absolute Gasteiger partial charge is 0.392 e. The maximum absolute atomic E-state index is 13.0. The third kappa shape index (κ3) is 3.01. The zero-order valence-corrected chi connectivity index (χ0v) is 15.9. The average Bonchev–Trinajstić information content (AvgIpc) is 2.54. The topological polar surface area (TPSA) is 40.5 Å². The molecule has 4 heteroatoms. The number of hydrogen-bond acceptors (Lipinski definition) is 2. The summed E-state index contributed by atoms with van der Waals surface area (Å²) < 4.78 is 0.823. The second-order valence-electron chi connectivity index (χ2n) is 7.22.